The molecule has 0 heterocycles. The fraction of sp³-hybridized carbons (Fsp3) is 0.769. The van der Waals surface area contributed by atoms with E-state index >= 15 is 0 Å². The van der Waals surface area contributed by atoms with Crippen LogP contribution < -0.4 is 0 Å². The first kappa shape index (κ1) is 19.5. The van der Waals surface area contributed by atoms with E-state index in [1.54, 1.807) is 6.92 Å². The van der Waals surface area contributed by atoms with Gasteiger partial charge in [0.1, 0.15) is 6.10 Å². The molecule has 0 aromatic rings. The highest BCUT2D eigenvalue weighted by Gasteiger charge is 2.32. The van der Waals surface area contributed by atoms with E-state index < -0.39 is 26.5 Å². The number of ether oxygens (including phenoxy) is 1. The maximum atomic E-state index is 11.6. The number of aliphatic hydroxyl groups excluding tert-OH is 1. The molecule has 0 fully saturated rings. The van der Waals surface area contributed by atoms with E-state index in [0.717, 1.165) is 16.7 Å². The van der Waals surface area contributed by atoms with Crippen molar-refractivity contribution >= 4 is 24.5 Å². The van der Waals surface area contributed by atoms with Crippen molar-refractivity contribution < 1.29 is 24.1 Å². The third kappa shape index (κ3) is 7.34. The van der Waals surface area contributed by atoms with Gasteiger partial charge in [-0.2, -0.15) is 0 Å². The molecule has 0 aliphatic carbocycles. The second-order valence-corrected chi connectivity index (χ2v) is 11.9. The van der Waals surface area contributed by atoms with Crippen LogP contribution in [0.25, 0.3) is 0 Å². The Labute approximate surface area is 125 Å². The Morgan fingerprint density at radius 2 is 1.95 bits per heavy atom. The molecule has 0 aliphatic heterocycles. The first-order valence-corrected chi connectivity index (χ1v) is 11.5. The van der Waals surface area contributed by atoms with Crippen LogP contribution in [0.5, 0.6) is 0 Å². The van der Waals surface area contributed by atoms with E-state index in [-0.39, 0.29) is 12.1 Å². The molecule has 118 valence electrons. The number of carbonyl (C=O) groups excluding carboxylic acids is 1. The lowest BCUT2D eigenvalue weighted by Gasteiger charge is -2.31. The zero-order chi connectivity index (χ0) is 15.9. The van der Waals surface area contributed by atoms with Crippen molar-refractivity contribution in [1.82, 2.24) is 0 Å². The summed E-state index contributed by atoms with van der Waals surface area (Å²) in [6.07, 6.45) is -0.280. The normalized spacial score (nSPS) is 16.5. The Balaban J connectivity index is 4.87. The van der Waals surface area contributed by atoms with Crippen molar-refractivity contribution in [2.75, 3.05) is 6.61 Å². The van der Waals surface area contributed by atoms with Gasteiger partial charge in [0.2, 0.25) is 8.32 Å². The lowest BCUT2D eigenvalue weighted by molar-refractivity contribution is -0.280. The van der Waals surface area contributed by atoms with Gasteiger partial charge in [-0.3, -0.25) is 4.58 Å². The molecule has 20 heavy (non-hydrogen) atoms. The molecule has 0 aromatic carbocycles. The molecular formula is C13H28O5Si2. The van der Waals surface area contributed by atoms with Gasteiger partial charge in [0, 0.05) is 15.8 Å². The number of aliphatic hydroxyl groups is 1. The molecule has 7 heteroatoms. The topological polar surface area (TPSA) is 65.0 Å². The summed E-state index contributed by atoms with van der Waals surface area (Å²) in [7, 11) is -0.987. The number of rotatable bonds is 9. The van der Waals surface area contributed by atoms with Crippen molar-refractivity contribution in [2.45, 2.75) is 57.7 Å². The SMILES string of the molecule is C=C(C)C(=O)OC(CO)C(OO[Si](C)(C)C)C([SiH3])CC. The maximum absolute atomic E-state index is 11.6. The van der Waals surface area contributed by atoms with Crippen LogP contribution in [0.15, 0.2) is 12.2 Å². The molecule has 0 radical (unpaired) electrons. The van der Waals surface area contributed by atoms with Crippen LogP contribution >= 0.6 is 0 Å². The van der Waals surface area contributed by atoms with Crippen molar-refractivity contribution in [3.05, 3.63) is 12.2 Å². The van der Waals surface area contributed by atoms with Gasteiger partial charge in [0.05, 0.1) is 6.61 Å². The lowest BCUT2D eigenvalue weighted by Crippen LogP contribution is -2.42. The van der Waals surface area contributed by atoms with Crippen LogP contribution in [0.3, 0.4) is 0 Å². The summed E-state index contributed by atoms with van der Waals surface area (Å²) in [5, 5.41) is 9.49. The van der Waals surface area contributed by atoms with Gasteiger partial charge in [0.25, 0.3) is 0 Å². The van der Waals surface area contributed by atoms with Crippen LogP contribution in [-0.2, 0) is 19.0 Å². The van der Waals surface area contributed by atoms with Crippen molar-refractivity contribution in [3.63, 3.8) is 0 Å². The fourth-order valence-corrected chi connectivity index (χ4v) is 2.34. The largest absolute Gasteiger partial charge is 0.454 e. The summed E-state index contributed by atoms with van der Waals surface area (Å²) >= 11 is 0. The van der Waals surface area contributed by atoms with E-state index in [1.165, 1.54) is 0 Å². The van der Waals surface area contributed by atoms with Gasteiger partial charge in [-0.15, -0.1) is 0 Å². The van der Waals surface area contributed by atoms with E-state index in [2.05, 4.69) is 6.58 Å². The number of esters is 1. The summed E-state index contributed by atoms with van der Waals surface area (Å²) < 4.78 is 10.7. The molecule has 1 N–H and O–H groups in total. The number of hydrogen-bond acceptors (Lipinski definition) is 5. The Morgan fingerprint density at radius 1 is 1.40 bits per heavy atom. The van der Waals surface area contributed by atoms with E-state index in [1.807, 2.05) is 26.6 Å². The van der Waals surface area contributed by atoms with Crippen LogP contribution in [0.2, 0.25) is 25.2 Å². The van der Waals surface area contributed by atoms with Crippen molar-refractivity contribution in [2.24, 2.45) is 0 Å². The molecule has 0 aliphatic rings. The first-order chi connectivity index (χ1) is 9.12. The summed E-state index contributed by atoms with van der Waals surface area (Å²) in [4.78, 5) is 17.1. The van der Waals surface area contributed by atoms with Gasteiger partial charge in [-0.25, -0.2) is 9.68 Å². The first-order valence-electron chi connectivity index (χ1n) is 6.94. The van der Waals surface area contributed by atoms with Crippen LogP contribution in [0.1, 0.15) is 20.3 Å². The highest BCUT2D eigenvalue weighted by atomic mass is 28.4. The average molecular weight is 321 g/mol. The average Bonchev–Trinajstić information content (AvgIpc) is 2.35. The third-order valence-electron chi connectivity index (χ3n) is 2.77. The summed E-state index contributed by atoms with van der Waals surface area (Å²) in [6, 6.07) is 0. The molecule has 3 atom stereocenters. The fourth-order valence-electron chi connectivity index (χ4n) is 1.40. The van der Waals surface area contributed by atoms with E-state index in [9.17, 15) is 9.90 Å². The lowest BCUT2D eigenvalue weighted by atomic mass is 10.1. The van der Waals surface area contributed by atoms with Gasteiger partial charge in [0.15, 0.2) is 6.10 Å². The minimum Gasteiger partial charge on any atom is -0.454 e. The molecule has 5 nitrogen and oxygen atoms in total. The predicted octanol–water partition coefficient (Wildman–Crippen LogP) is 1.18. The summed E-state index contributed by atoms with van der Waals surface area (Å²) in [5.41, 5.74) is 0.524. The van der Waals surface area contributed by atoms with Crippen LogP contribution in [0.4, 0.5) is 0 Å². The zero-order valence-electron chi connectivity index (χ0n) is 13.4. The van der Waals surface area contributed by atoms with Crippen LogP contribution in [0, 0.1) is 0 Å². The standard InChI is InChI=1S/C13H28O5Si2/c1-7-11(19)12(17-18-20(4,5)6)10(8-14)16-13(15)9(2)3/h10-12,14H,2,7-8H2,1,3-6,19H3. The quantitative estimate of drug-likeness (QED) is 0.227. The molecule has 0 aromatic heterocycles. The zero-order valence-corrected chi connectivity index (χ0v) is 16.4. The Hall–Kier alpha value is -0.476. The van der Waals surface area contributed by atoms with Gasteiger partial charge in [-0.1, -0.05) is 19.9 Å². The maximum Gasteiger partial charge on any atom is 0.333 e. The predicted molar refractivity (Wildman–Crippen MR) is 85.1 cm³/mol. The Morgan fingerprint density at radius 3 is 2.30 bits per heavy atom. The third-order valence-corrected chi connectivity index (χ3v) is 4.84. The van der Waals surface area contributed by atoms with E-state index in [4.69, 9.17) is 14.2 Å². The smallest absolute Gasteiger partial charge is 0.333 e. The highest BCUT2D eigenvalue weighted by molar-refractivity contribution is 6.69. The summed E-state index contributed by atoms with van der Waals surface area (Å²) in [6.45, 7) is 12.9. The molecule has 0 bridgehead atoms. The number of hydrogen-bond donors (Lipinski definition) is 1. The van der Waals surface area contributed by atoms with Gasteiger partial charge < -0.3 is 9.84 Å². The molecular weight excluding hydrogens is 292 g/mol. The number of carbonyl (C=O) groups is 1. The van der Waals surface area contributed by atoms with Gasteiger partial charge >= 0.3 is 5.97 Å². The molecule has 0 amide bonds. The van der Waals surface area contributed by atoms with Crippen molar-refractivity contribution in [3.8, 4) is 0 Å². The molecule has 0 saturated heterocycles. The minimum atomic E-state index is -1.85. The van der Waals surface area contributed by atoms with Crippen molar-refractivity contribution in [1.29, 1.82) is 0 Å². The highest BCUT2D eigenvalue weighted by Crippen LogP contribution is 2.23. The molecule has 0 spiro atoms. The Kier molecular flexibility index (Phi) is 8.52. The second kappa shape index (κ2) is 8.73. The minimum absolute atomic E-state index is 0.224. The summed E-state index contributed by atoms with van der Waals surface area (Å²) in [5.74, 6) is -0.518. The second-order valence-electron chi connectivity index (χ2n) is 6.05. The monoisotopic (exact) mass is 320 g/mol. The Bertz CT molecular complexity index is 327. The van der Waals surface area contributed by atoms with Crippen LogP contribution in [-0.4, -0.2) is 48.5 Å². The van der Waals surface area contributed by atoms with E-state index in [0.29, 0.717) is 5.57 Å². The van der Waals surface area contributed by atoms with Gasteiger partial charge in [-0.05, 0) is 32.1 Å². The molecule has 3 unspecified atom stereocenters. The molecule has 0 saturated carbocycles. The molecule has 0 rings (SSSR count).